The Morgan fingerprint density at radius 3 is 0.855 bits per heavy atom. The van der Waals surface area contributed by atoms with E-state index in [1.165, 1.54) is 55.6 Å². The van der Waals surface area contributed by atoms with Gasteiger partial charge in [-0.1, -0.05) is 144 Å². The molecule has 0 saturated carbocycles. The van der Waals surface area contributed by atoms with Crippen molar-refractivity contribution < 1.29 is 0 Å². The van der Waals surface area contributed by atoms with Crippen LogP contribution >= 0.6 is 0 Å². The predicted molar refractivity (Wildman–Crippen MR) is 232 cm³/mol. The number of hydrogen-bond acceptors (Lipinski definition) is 2. The number of rotatable bonds is 8. The highest BCUT2D eigenvalue weighted by molar-refractivity contribution is 5.92. The summed E-state index contributed by atoms with van der Waals surface area (Å²) in [5, 5.41) is 0. The highest BCUT2D eigenvalue weighted by Gasteiger charge is 2.47. The van der Waals surface area contributed by atoms with Crippen LogP contribution in [0, 0.1) is 27.7 Å². The molecule has 2 heteroatoms. The lowest BCUT2D eigenvalue weighted by atomic mass is 9.67. The molecule has 0 amide bonds. The summed E-state index contributed by atoms with van der Waals surface area (Å²) in [7, 11) is 0. The molecule has 0 N–H and O–H groups in total. The number of fused-ring (bicyclic) bond motifs is 3. The zero-order valence-corrected chi connectivity index (χ0v) is 31.9. The number of hydrogen-bond donors (Lipinski definition) is 0. The van der Waals surface area contributed by atoms with Crippen LogP contribution in [0.3, 0.4) is 0 Å². The molecule has 1 aliphatic carbocycles. The number of nitrogens with zero attached hydrogens (tertiary/aromatic N) is 2. The Labute approximate surface area is 325 Å². The van der Waals surface area contributed by atoms with E-state index >= 15 is 0 Å². The first-order valence-electron chi connectivity index (χ1n) is 19.2. The summed E-state index contributed by atoms with van der Waals surface area (Å²) < 4.78 is 0. The Morgan fingerprint density at radius 2 is 0.564 bits per heavy atom. The molecule has 8 aromatic carbocycles. The van der Waals surface area contributed by atoms with E-state index in [1.54, 1.807) is 0 Å². The average molecular weight is 709 g/mol. The Bertz CT molecular complexity index is 2310. The first-order valence-corrected chi connectivity index (χ1v) is 19.2. The maximum Gasteiger partial charge on any atom is 0.0715 e. The van der Waals surface area contributed by atoms with Gasteiger partial charge in [0.1, 0.15) is 0 Å². The summed E-state index contributed by atoms with van der Waals surface area (Å²) in [6.45, 7) is 8.59. The highest BCUT2D eigenvalue weighted by Crippen LogP contribution is 2.58. The van der Waals surface area contributed by atoms with Crippen molar-refractivity contribution in [2.45, 2.75) is 33.1 Å². The largest absolute Gasteiger partial charge is 0.310 e. The molecule has 9 rings (SSSR count). The van der Waals surface area contributed by atoms with Gasteiger partial charge in [0, 0.05) is 34.1 Å². The molecular formula is C53H44N2. The van der Waals surface area contributed by atoms with Crippen molar-refractivity contribution in [2.75, 3.05) is 9.80 Å². The molecule has 0 bridgehead atoms. The van der Waals surface area contributed by atoms with Gasteiger partial charge in [-0.2, -0.15) is 0 Å². The standard InChI is InChI=1S/C53H44N2/c1-37-15-23-43(24-16-37)54(44-25-17-38(2)18-26-44)47-31-33-49-50-34-32-48(55(45-27-19-39(3)20-28-45)46-29-21-40(4)22-30-46)36-52(50)53(51(49)35-47,41-11-7-5-8-12-41)42-13-9-6-10-14-42/h5-36H,1-4H3. The minimum Gasteiger partial charge on any atom is -0.310 e. The van der Waals surface area contributed by atoms with E-state index in [9.17, 15) is 0 Å². The second kappa shape index (κ2) is 14.0. The maximum atomic E-state index is 2.45. The zero-order chi connectivity index (χ0) is 37.5. The van der Waals surface area contributed by atoms with Crippen LogP contribution in [0.2, 0.25) is 0 Å². The van der Waals surface area contributed by atoms with Crippen LogP contribution in [0.1, 0.15) is 44.5 Å². The molecule has 0 aromatic heterocycles. The van der Waals surface area contributed by atoms with Gasteiger partial charge >= 0.3 is 0 Å². The van der Waals surface area contributed by atoms with Crippen LogP contribution in [-0.2, 0) is 5.41 Å². The molecule has 0 atom stereocenters. The third-order valence-electron chi connectivity index (χ3n) is 11.2. The first-order chi connectivity index (χ1) is 26.9. The van der Waals surface area contributed by atoms with E-state index in [-0.39, 0.29) is 0 Å². The van der Waals surface area contributed by atoms with Crippen molar-refractivity contribution in [3.63, 3.8) is 0 Å². The smallest absolute Gasteiger partial charge is 0.0715 e. The predicted octanol–water partition coefficient (Wildman–Crippen LogP) is 14.2. The van der Waals surface area contributed by atoms with E-state index in [4.69, 9.17) is 0 Å². The normalized spacial score (nSPS) is 12.5. The van der Waals surface area contributed by atoms with Gasteiger partial charge in [0.05, 0.1) is 5.41 Å². The summed E-state index contributed by atoms with van der Waals surface area (Å²) in [5.41, 5.74) is 18.7. The summed E-state index contributed by atoms with van der Waals surface area (Å²) in [6.07, 6.45) is 0. The highest BCUT2D eigenvalue weighted by atomic mass is 15.1. The lowest BCUT2D eigenvalue weighted by Crippen LogP contribution is -2.29. The van der Waals surface area contributed by atoms with Gasteiger partial charge < -0.3 is 9.80 Å². The van der Waals surface area contributed by atoms with Gasteiger partial charge in [0.2, 0.25) is 0 Å². The zero-order valence-electron chi connectivity index (χ0n) is 31.9. The third kappa shape index (κ3) is 6.01. The minimum atomic E-state index is -0.586. The fourth-order valence-electron chi connectivity index (χ4n) is 8.41. The van der Waals surface area contributed by atoms with E-state index in [0.29, 0.717) is 0 Å². The van der Waals surface area contributed by atoms with E-state index in [1.807, 2.05) is 0 Å². The SMILES string of the molecule is Cc1ccc(N(c2ccc(C)cc2)c2ccc3c(c2)C(c2ccccc2)(c2ccccc2)c2cc(N(c4ccc(C)cc4)c4ccc(C)cc4)ccc2-3)cc1. The van der Waals surface area contributed by atoms with Crippen LogP contribution in [0.15, 0.2) is 194 Å². The Balaban J connectivity index is 1.32. The molecular weight excluding hydrogens is 665 g/mol. The lowest BCUT2D eigenvalue weighted by Gasteiger charge is -2.35. The molecule has 2 nitrogen and oxygen atoms in total. The minimum absolute atomic E-state index is 0.586. The quantitative estimate of drug-likeness (QED) is 0.155. The van der Waals surface area contributed by atoms with Crippen LogP contribution in [0.4, 0.5) is 34.1 Å². The van der Waals surface area contributed by atoms with Crippen LogP contribution in [0.25, 0.3) is 11.1 Å². The molecule has 0 spiro atoms. The van der Waals surface area contributed by atoms with E-state index in [2.05, 4.69) is 232 Å². The van der Waals surface area contributed by atoms with Crippen LogP contribution in [0.5, 0.6) is 0 Å². The van der Waals surface area contributed by atoms with E-state index in [0.717, 1.165) is 34.1 Å². The second-order valence-electron chi connectivity index (χ2n) is 15.0. The monoisotopic (exact) mass is 708 g/mol. The third-order valence-corrected chi connectivity index (χ3v) is 11.2. The topological polar surface area (TPSA) is 6.48 Å². The fourth-order valence-corrected chi connectivity index (χ4v) is 8.41. The summed E-state index contributed by atoms with van der Waals surface area (Å²) in [5.74, 6) is 0. The Kier molecular flexibility index (Phi) is 8.67. The van der Waals surface area contributed by atoms with Crippen molar-refractivity contribution in [3.05, 3.63) is 239 Å². The number of anilines is 6. The maximum absolute atomic E-state index is 2.45. The summed E-state index contributed by atoms with van der Waals surface area (Å²) in [4.78, 5) is 4.79. The van der Waals surface area contributed by atoms with Crippen molar-refractivity contribution in [1.82, 2.24) is 0 Å². The Morgan fingerprint density at radius 1 is 0.291 bits per heavy atom. The van der Waals surface area contributed by atoms with Crippen molar-refractivity contribution >= 4 is 34.1 Å². The summed E-state index contributed by atoms with van der Waals surface area (Å²) >= 11 is 0. The summed E-state index contributed by atoms with van der Waals surface area (Å²) in [6, 6.07) is 71.9. The van der Waals surface area contributed by atoms with Gasteiger partial charge in [-0.05, 0) is 134 Å². The van der Waals surface area contributed by atoms with Crippen molar-refractivity contribution in [2.24, 2.45) is 0 Å². The molecule has 0 unspecified atom stereocenters. The average Bonchev–Trinajstić information content (AvgIpc) is 3.51. The van der Waals surface area contributed by atoms with Crippen LogP contribution in [-0.4, -0.2) is 0 Å². The van der Waals surface area contributed by atoms with Crippen LogP contribution < -0.4 is 9.80 Å². The lowest BCUT2D eigenvalue weighted by molar-refractivity contribution is 0.768. The molecule has 8 aromatic rings. The Hall–Kier alpha value is -6.64. The van der Waals surface area contributed by atoms with Crippen molar-refractivity contribution in [1.29, 1.82) is 0 Å². The molecule has 0 heterocycles. The van der Waals surface area contributed by atoms with Gasteiger partial charge in [-0.3, -0.25) is 0 Å². The van der Waals surface area contributed by atoms with Gasteiger partial charge in [-0.15, -0.1) is 0 Å². The molecule has 0 radical (unpaired) electrons. The molecule has 1 aliphatic rings. The first kappa shape index (κ1) is 34.1. The number of benzene rings is 8. The molecule has 0 aliphatic heterocycles. The van der Waals surface area contributed by atoms with Gasteiger partial charge in [-0.25, -0.2) is 0 Å². The van der Waals surface area contributed by atoms with E-state index < -0.39 is 5.41 Å². The fraction of sp³-hybridized carbons (Fsp3) is 0.0943. The second-order valence-corrected chi connectivity index (χ2v) is 15.0. The molecule has 55 heavy (non-hydrogen) atoms. The van der Waals surface area contributed by atoms with Crippen molar-refractivity contribution in [3.8, 4) is 11.1 Å². The van der Waals surface area contributed by atoms with Gasteiger partial charge in [0.15, 0.2) is 0 Å². The molecule has 0 fully saturated rings. The molecule has 0 saturated heterocycles. The van der Waals surface area contributed by atoms with Gasteiger partial charge in [0.25, 0.3) is 0 Å². The number of aryl methyl sites for hydroxylation is 4. The molecule has 266 valence electrons.